The van der Waals surface area contributed by atoms with E-state index in [2.05, 4.69) is 4.98 Å². The van der Waals surface area contributed by atoms with Crippen LogP contribution in [0.5, 0.6) is 0 Å². The van der Waals surface area contributed by atoms with Crippen LogP contribution in [0.1, 0.15) is 38.1 Å². The van der Waals surface area contributed by atoms with Crippen molar-refractivity contribution in [2.75, 3.05) is 5.01 Å². The Morgan fingerprint density at radius 3 is 2.56 bits per heavy atom. The van der Waals surface area contributed by atoms with E-state index in [0.29, 0.717) is 17.9 Å². The van der Waals surface area contributed by atoms with E-state index >= 15 is 0 Å². The van der Waals surface area contributed by atoms with Crippen LogP contribution in [0.4, 0.5) is 14.5 Å². The highest BCUT2D eigenvalue weighted by Gasteiger charge is 2.34. The fourth-order valence-corrected chi connectivity index (χ4v) is 3.23. The van der Waals surface area contributed by atoms with Gasteiger partial charge in [-0.2, -0.15) is 0 Å². The van der Waals surface area contributed by atoms with Gasteiger partial charge in [-0.15, -0.1) is 0 Å². The van der Waals surface area contributed by atoms with Gasteiger partial charge in [0.2, 0.25) is 0 Å². The van der Waals surface area contributed by atoms with Crippen LogP contribution in [0.15, 0.2) is 47.3 Å². The minimum atomic E-state index is -0.620. The molecule has 7 heteroatoms. The third kappa shape index (κ3) is 3.08. The summed E-state index contributed by atoms with van der Waals surface area (Å²) in [6.07, 6.45) is 2.31. The minimum absolute atomic E-state index is 0.0574. The third-order valence-corrected chi connectivity index (χ3v) is 4.82. The molecule has 3 aromatic rings. The smallest absolute Gasteiger partial charge is 0.283 e. The van der Waals surface area contributed by atoms with Gasteiger partial charge in [-0.1, -0.05) is 13.0 Å². The first kappa shape index (κ1) is 17.6. The van der Waals surface area contributed by atoms with Crippen molar-refractivity contribution in [2.45, 2.75) is 38.3 Å². The zero-order valence-electron chi connectivity index (χ0n) is 14.9. The molecule has 1 aromatic heterocycles. The number of nitrogens with zero attached hydrogens (tertiary/aromatic N) is 3. The van der Waals surface area contributed by atoms with Crippen molar-refractivity contribution in [1.82, 2.24) is 9.66 Å². The van der Waals surface area contributed by atoms with Crippen LogP contribution in [0, 0.1) is 11.6 Å². The second kappa shape index (κ2) is 6.74. The quantitative estimate of drug-likeness (QED) is 0.746. The van der Waals surface area contributed by atoms with E-state index in [4.69, 9.17) is 5.73 Å². The van der Waals surface area contributed by atoms with Crippen LogP contribution in [-0.2, 0) is 0 Å². The number of hydrogen-bond acceptors (Lipinski definition) is 4. The van der Waals surface area contributed by atoms with Crippen molar-refractivity contribution >= 4 is 16.6 Å². The number of nitrogens with two attached hydrogens (primary N) is 1. The van der Waals surface area contributed by atoms with Crippen molar-refractivity contribution in [1.29, 1.82) is 0 Å². The molecule has 0 aliphatic heterocycles. The lowest BCUT2D eigenvalue weighted by Crippen LogP contribution is -2.44. The Kier molecular flexibility index (Phi) is 4.39. The van der Waals surface area contributed by atoms with E-state index in [0.717, 1.165) is 12.8 Å². The molecule has 1 aliphatic rings. The molecule has 27 heavy (non-hydrogen) atoms. The summed E-state index contributed by atoms with van der Waals surface area (Å²) in [5.74, 6) is -0.614. The van der Waals surface area contributed by atoms with Gasteiger partial charge in [0, 0.05) is 0 Å². The minimum Gasteiger partial charge on any atom is -0.321 e. The maximum absolute atomic E-state index is 14.4. The van der Waals surface area contributed by atoms with Gasteiger partial charge in [0.05, 0.1) is 23.3 Å². The molecular weight excluding hydrogens is 350 g/mol. The Morgan fingerprint density at radius 1 is 1.22 bits per heavy atom. The monoisotopic (exact) mass is 370 g/mol. The summed E-state index contributed by atoms with van der Waals surface area (Å²) in [5, 5.41) is 1.70. The topological polar surface area (TPSA) is 64.1 Å². The van der Waals surface area contributed by atoms with Crippen LogP contribution >= 0.6 is 0 Å². The average Bonchev–Trinajstić information content (AvgIpc) is 3.49. The van der Waals surface area contributed by atoms with E-state index in [9.17, 15) is 13.6 Å². The molecular formula is C20H20F2N4O. The molecule has 0 amide bonds. The first-order valence-corrected chi connectivity index (χ1v) is 9.03. The standard InChI is InChI=1S/C20H20F2N4O/c1-2-16(23)19-24-17-5-3-4-15(22)18(17)20(27)26(19)25(14-10-11-14)13-8-6-12(21)7-9-13/h3-9,14,16H,2,10-11,23H2,1H3/t16-/m0/s1. The number of fused-ring (bicyclic) bond motifs is 1. The fourth-order valence-electron chi connectivity index (χ4n) is 3.23. The van der Waals surface area contributed by atoms with E-state index in [1.165, 1.54) is 28.9 Å². The summed E-state index contributed by atoms with van der Waals surface area (Å²) in [4.78, 5) is 17.8. The predicted molar refractivity (Wildman–Crippen MR) is 100 cm³/mol. The Hall–Kier alpha value is -2.80. The molecule has 0 unspecified atom stereocenters. The van der Waals surface area contributed by atoms with Gasteiger partial charge in [0.25, 0.3) is 5.56 Å². The van der Waals surface area contributed by atoms with Crippen molar-refractivity contribution < 1.29 is 8.78 Å². The summed E-state index contributed by atoms with van der Waals surface area (Å²) in [7, 11) is 0. The van der Waals surface area contributed by atoms with Gasteiger partial charge in [-0.05, 0) is 55.7 Å². The Bertz CT molecular complexity index is 1040. The zero-order valence-corrected chi connectivity index (χ0v) is 14.9. The third-order valence-electron chi connectivity index (χ3n) is 4.82. The Morgan fingerprint density at radius 2 is 1.93 bits per heavy atom. The molecule has 0 spiro atoms. The second-order valence-corrected chi connectivity index (χ2v) is 6.79. The maximum atomic E-state index is 14.4. The van der Waals surface area contributed by atoms with Crippen molar-refractivity contribution in [2.24, 2.45) is 5.73 Å². The SMILES string of the molecule is CC[C@H](N)c1nc2cccc(F)c2c(=O)n1N(c1ccc(F)cc1)C1CC1. The van der Waals surface area contributed by atoms with E-state index in [1.54, 1.807) is 23.2 Å². The molecule has 1 saturated carbocycles. The molecule has 1 heterocycles. The summed E-state index contributed by atoms with van der Waals surface area (Å²) in [6, 6.07) is 9.82. The fraction of sp³-hybridized carbons (Fsp3) is 0.300. The van der Waals surface area contributed by atoms with Crippen molar-refractivity contribution in [3.05, 3.63) is 70.3 Å². The predicted octanol–water partition coefficient (Wildman–Crippen LogP) is 3.52. The lowest BCUT2D eigenvalue weighted by molar-refractivity contribution is 0.543. The van der Waals surface area contributed by atoms with Gasteiger partial charge >= 0.3 is 0 Å². The van der Waals surface area contributed by atoms with Gasteiger partial charge in [0.1, 0.15) is 22.8 Å². The number of rotatable bonds is 5. The average molecular weight is 370 g/mol. The highest BCUT2D eigenvalue weighted by atomic mass is 19.1. The molecule has 140 valence electrons. The van der Waals surface area contributed by atoms with Crippen molar-refractivity contribution in [3.63, 3.8) is 0 Å². The van der Waals surface area contributed by atoms with Crippen LogP contribution in [0.2, 0.25) is 0 Å². The maximum Gasteiger partial charge on any atom is 0.283 e. The van der Waals surface area contributed by atoms with Crippen molar-refractivity contribution in [3.8, 4) is 0 Å². The van der Waals surface area contributed by atoms with Gasteiger partial charge in [0.15, 0.2) is 0 Å². The normalized spacial score (nSPS) is 15.1. The molecule has 0 radical (unpaired) electrons. The first-order chi connectivity index (χ1) is 13.0. The molecule has 1 atom stereocenters. The van der Waals surface area contributed by atoms with Crippen LogP contribution < -0.4 is 16.3 Å². The molecule has 0 saturated heterocycles. The zero-order chi connectivity index (χ0) is 19.1. The summed E-state index contributed by atoms with van der Waals surface area (Å²) >= 11 is 0. The number of anilines is 1. The lowest BCUT2D eigenvalue weighted by atomic mass is 10.2. The van der Waals surface area contributed by atoms with Gasteiger partial charge < -0.3 is 5.73 Å². The number of halogens is 2. The number of hydrogen-bond donors (Lipinski definition) is 1. The highest BCUT2D eigenvalue weighted by molar-refractivity contribution is 5.78. The second-order valence-electron chi connectivity index (χ2n) is 6.79. The molecule has 1 fully saturated rings. The van der Waals surface area contributed by atoms with E-state index in [-0.39, 0.29) is 22.8 Å². The molecule has 4 rings (SSSR count). The number of benzene rings is 2. The summed E-state index contributed by atoms with van der Waals surface area (Å²) in [6.45, 7) is 1.90. The molecule has 2 N–H and O–H groups in total. The molecule has 5 nitrogen and oxygen atoms in total. The van der Waals surface area contributed by atoms with Crippen LogP contribution in [0.25, 0.3) is 10.9 Å². The molecule has 0 bridgehead atoms. The molecule has 2 aromatic carbocycles. The summed E-state index contributed by atoms with van der Waals surface area (Å²) < 4.78 is 29.2. The highest BCUT2D eigenvalue weighted by Crippen LogP contribution is 2.33. The lowest BCUT2D eigenvalue weighted by Gasteiger charge is -2.30. The van der Waals surface area contributed by atoms with Gasteiger partial charge in [-0.25, -0.2) is 18.4 Å². The van der Waals surface area contributed by atoms with E-state index < -0.39 is 17.4 Å². The number of aromatic nitrogens is 2. The Balaban J connectivity index is 2.02. The van der Waals surface area contributed by atoms with Crippen LogP contribution in [-0.4, -0.2) is 15.7 Å². The Labute approximate surface area is 155 Å². The van der Waals surface area contributed by atoms with Gasteiger partial charge in [-0.3, -0.25) is 9.80 Å². The summed E-state index contributed by atoms with van der Waals surface area (Å²) in [5.41, 5.74) is 6.67. The van der Waals surface area contributed by atoms with Crippen LogP contribution in [0.3, 0.4) is 0 Å². The first-order valence-electron chi connectivity index (χ1n) is 9.03. The van der Waals surface area contributed by atoms with E-state index in [1.807, 2.05) is 6.92 Å². The largest absolute Gasteiger partial charge is 0.321 e. The molecule has 1 aliphatic carbocycles.